The van der Waals surface area contributed by atoms with E-state index in [1.165, 1.54) is 32.6 Å². The third kappa shape index (κ3) is 1.61. The lowest BCUT2D eigenvalue weighted by atomic mass is 10.0. The van der Waals surface area contributed by atoms with Crippen LogP contribution in [0.15, 0.2) is 85.5 Å². The highest BCUT2D eigenvalue weighted by Gasteiger charge is 2.11. The summed E-state index contributed by atoms with van der Waals surface area (Å²) < 4.78 is 4.36. The molecule has 2 nitrogen and oxygen atoms in total. The van der Waals surface area contributed by atoms with Gasteiger partial charge in [0, 0.05) is 36.4 Å². The molecule has 102 valence electrons. The average Bonchev–Trinajstić information content (AvgIpc) is 2.58. The molecule has 0 saturated carbocycles. The van der Waals surface area contributed by atoms with Crippen LogP contribution in [0.25, 0.3) is 32.6 Å². The maximum Gasteiger partial charge on any atom is 0.211 e. The zero-order valence-corrected chi connectivity index (χ0v) is 12.0. The van der Waals surface area contributed by atoms with Crippen LogP contribution in [0.5, 0.6) is 0 Å². The molecule has 0 spiro atoms. The maximum atomic E-state index is 2.24. The van der Waals surface area contributed by atoms with Crippen molar-refractivity contribution in [3.63, 3.8) is 0 Å². The molecular weight excluding hydrogens is 268 g/mol. The summed E-state index contributed by atoms with van der Waals surface area (Å²) in [6.07, 6.45) is 8.65. The zero-order chi connectivity index (χ0) is 14.5. The molecule has 4 aromatic heterocycles. The van der Waals surface area contributed by atoms with Gasteiger partial charge in [0.05, 0.1) is 10.8 Å². The van der Waals surface area contributed by atoms with E-state index in [1.54, 1.807) is 0 Å². The Labute approximate surface area is 127 Å². The van der Waals surface area contributed by atoms with Gasteiger partial charge in [-0.05, 0) is 22.9 Å². The zero-order valence-electron chi connectivity index (χ0n) is 12.0. The Kier molecular flexibility index (Phi) is 2.25. The van der Waals surface area contributed by atoms with Gasteiger partial charge in [-0.2, -0.15) is 8.80 Å². The minimum absolute atomic E-state index is 1.21. The molecule has 0 fully saturated rings. The second kappa shape index (κ2) is 4.25. The van der Waals surface area contributed by atoms with Crippen LogP contribution >= 0.6 is 0 Å². The predicted molar refractivity (Wildman–Crippen MR) is 87.8 cm³/mol. The molecule has 4 heterocycles. The minimum atomic E-state index is 1.21. The maximum absolute atomic E-state index is 2.24. The molecule has 0 atom stereocenters. The fourth-order valence-electron chi connectivity index (χ4n) is 3.22. The fourth-order valence-corrected chi connectivity index (χ4v) is 3.22. The minimum Gasteiger partial charge on any atom is -0.167 e. The van der Waals surface area contributed by atoms with Crippen LogP contribution in [0.3, 0.4) is 0 Å². The molecule has 1 aromatic carbocycles. The molecule has 0 radical (unpaired) electrons. The molecular formula is C20H14N2+2. The van der Waals surface area contributed by atoms with Crippen molar-refractivity contribution in [2.75, 3.05) is 0 Å². The van der Waals surface area contributed by atoms with Crippen molar-refractivity contribution in [3.8, 4) is 0 Å². The Morgan fingerprint density at radius 1 is 0.545 bits per heavy atom. The van der Waals surface area contributed by atoms with E-state index in [0.717, 1.165) is 0 Å². The summed E-state index contributed by atoms with van der Waals surface area (Å²) in [7, 11) is 0. The van der Waals surface area contributed by atoms with Gasteiger partial charge in [-0.15, -0.1) is 0 Å². The van der Waals surface area contributed by atoms with Crippen LogP contribution in [0, 0.1) is 0 Å². The monoisotopic (exact) mass is 282 g/mol. The number of pyridine rings is 4. The first kappa shape index (κ1) is 11.6. The molecule has 0 aliphatic heterocycles. The summed E-state index contributed by atoms with van der Waals surface area (Å²) >= 11 is 0. The van der Waals surface area contributed by atoms with Crippen LogP contribution in [0.4, 0.5) is 0 Å². The lowest BCUT2D eigenvalue weighted by molar-refractivity contribution is -0.511. The normalized spacial score (nSPS) is 11.6. The standard InChI is InChI=1S/C20H14N2/c1-3-9-21-13-19-15(11-17(21)5-1)7-8-16-12-18-6-2-4-10-22(18)14-20(16)19/h1-14H/q+2. The molecule has 0 aliphatic carbocycles. The molecule has 5 rings (SSSR count). The van der Waals surface area contributed by atoms with E-state index < -0.39 is 0 Å². The van der Waals surface area contributed by atoms with E-state index >= 15 is 0 Å². The van der Waals surface area contributed by atoms with Gasteiger partial charge in [0.15, 0.2) is 24.8 Å². The summed E-state index contributed by atoms with van der Waals surface area (Å²) in [5, 5.41) is 5.10. The quantitative estimate of drug-likeness (QED) is 0.233. The summed E-state index contributed by atoms with van der Waals surface area (Å²) in [6.45, 7) is 0. The van der Waals surface area contributed by atoms with E-state index in [1.807, 2.05) is 0 Å². The van der Waals surface area contributed by atoms with Gasteiger partial charge < -0.3 is 0 Å². The third-order valence-corrected chi connectivity index (χ3v) is 4.34. The molecule has 5 aromatic rings. The third-order valence-electron chi connectivity index (χ3n) is 4.34. The molecule has 0 unspecified atom stereocenters. The Balaban J connectivity index is 2.00. The lowest BCUT2D eigenvalue weighted by Gasteiger charge is -2.02. The first-order chi connectivity index (χ1) is 10.9. The lowest BCUT2D eigenvalue weighted by Crippen LogP contribution is -2.21. The molecule has 2 heteroatoms. The first-order valence-corrected chi connectivity index (χ1v) is 7.45. The van der Waals surface area contributed by atoms with Gasteiger partial charge in [0.2, 0.25) is 11.0 Å². The summed E-state index contributed by atoms with van der Waals surface area (Å²) in [4.78, 5) is 0. The van der Waals surface area contributed by atoms with Crippen molar-refractivity contribution in [2.24, 2.45) is 0 Å². The predicted octanol–water partition coefficient (Wildman–Crippen LogP) is 3.47. The van der Waals surface area contributed by atoms with Gasteiger partial charge in [-0.3, -0.25) is 0 Å². The van der Waals surface area contributed by atoms with E-state index in [9.17, 15) is 0 Å². The Bertz CT molecular complexity index is 1080. The number of hydrogen-bond acceptors (Lipinski definition) is 0. The van der Waals surface area contributed by atoms with Crippen molar-refractivity contribution in [3.05, 3.63) is 85.5 Å². The second-order valence-electron chi connectivity index (χ2n) is 5.68. The SMILES string of the molecule is c1cc[n+]2cc3c(ccc4cc5cccc[n+]5cc43)cc2c1. The van der Waals surface area contributed by atoms with Gasteiger partial charge >= 0.3 is 0 Å². The molecule has 0 bridgehead atoms. The molecule has 0 amide bonds. The number of benzene rings is 1. The molecule has 0 saturated heterocycles. The summed E-state index contributed by atoms with van der Waals surface area (Å²) in [5.41, 5.74) is 2.42. The fraction of sp³-hybridized carbons (Fsp3) is 0. The number of aromatic nitrogens is 2. The van der Waals surface area contributed by atoms with Crippen molar-refractivity contribution >= 4 is 32.6 Å². The topological polar surface area (TPSA) is 8.20 Å². The summed E-state index contributed by atoms with van der Waals surface area (Å²) in [5.74, 6) is 0. The highest BCUT2D eigenvalue weighted by Crippen LogP contribution is 2.24. The largest absolute Gasteiger partial charge is 0.211 e. The van der Waals surface area contributed by atoms with Gasteiger partial charge in [-0.25, -0.2) is 0 Å². The van der Waals surface area contributed by atoms with Crippen LogP contribution < -0.4 is 8.80 Å². The van der Waals surface area contributed by atoms with E-state index in [-0.39, 0.29) is 0 Å². The van der Waals surface area contributed by atoms with Crippen molar-refractivity contribution < 1.29 is 8.80 Å². The van der Waals surface area contributed by atoms with E-state index in [2.05, 4.69) is 94.3 Å². The highest BCUT2D eigenvalue weighted by atomic mass is 14.9. The number of rotatable bonds is 0. The summed E-state index contributed by atoms with van der Waals surface area (Å²) in [6, 6.07) is 21.5. The van der Waals surface area contributed by atoms with Crippen LogP contribution in [0.1, 0.15) is 0 Å². The number of fused-ring (bicyclic) bond motifs is 5. The Morgan fingerprint density at radius 3 is 1.55 bits per heavy atom. The number of nitrogens with zero attached hydrogens (tertiary/aromatic N) is 2. The van der Waals surface area contributed by atoms with Crippen LogP contribution in [0.2, 0.25) is 0 Å². The van der Waals surface area contributed by atoms with Gasteiger partial charge in [-0.1, -0.05) is 12.1 Å². The first-order valence-electron chi connectivity index (χ1n) is 7.45. The Morgan fingerprint density at radius 2 is 1.05 bits per heavy atom. The molecule has 0 aliphatic rings. The highest BCUT2D eigenvalue weighted by molar-refractivity contribution is 6.07. The smallest absolute Gasteiger partial charge is 0.167 e. The van der Waals surface area contributed by atoms with Crippen LogP contribution in [-0.2, 0) is 0 Å². The van der Waals surface area contributed by atoms with E-state index in [4.69, 9.17) is 0 Å². The average molecular weight is 282 g/mol. The van der Waals surface area contributed by atoms with Crippen molar-refractivity contribution in [1.82, 2.24) is 0 Å². The molecule has 0 N–H and O–H groups in total. The van der Waals surface area contributed by atoms with E-state index in [0.29, 0.717) is 0 Å². The number of hydrogen-bond donors (Lipinski definition) is 0. The van der Waals surface area contributed by atoms with Gasteiger partial charge in [0.25, 0.3) is 0 Å². The second-order valence-corrected chi connectivity index (χ2v) is 5.68. The van der Waals surface area contributed by atoms with Crippen molar-refractivity contribution in [2.45, 2.75) is 0 Å². The van der Waals surface area contributed by atoms with Crippen molar-refractivity contribution in [1.29, 1.82) is 0 Å². The van der Waals surface area contributed by atoms with Gasteiger partial charge in [0.1, 0.15) is 0 Å². The Hall–Kier alpha value is -3.00. The molecule has 22 heavy (non-hydrogen) atoms. The van der Waals surface area contributed by atoms with Crippen LogP contribution in [-0.4, -0.2) is 0 Å².